The molecule has 0 bridgehead atoms. The van der Waals surface area contributed by atoms with Crippen LogP contribution < -0.4 is 5.32 Å². The number of carbonyl (C=O) groups excluding carboxylic acids is 1. The molecule has 158 valence electrons. The Bertz CT molecular complexity index is 750. The van der Waals surface area contributed by atoms with Crippen LogP contribution in [0.5, 0.6) is 0 Å². The fraction of sp³-hybridized carbons (Fsp3) is 0.667. The van der Waals surface area contributed by atoms with E-state index in [0.29, 0.717) is 25.2 Å². The smallest absolute Gasteiger partial charge is 0.251 e. The maximum atomic E-state index is 12.8. The van der Waals surface area contributed by atoms with Gasteiger partial charge >= 0.3 is 0 Å². The van der Waals surface area contributed by atoms with Gasteiger partial charge in [0.1, 0.15) is 0 Å². The van der Waals surface area contributed by atoms with Gasteiger partial charge < -0.3 is 10.2 Å². The Morgan fingerprint density at radius 1 is 1.07 bits per heavy atom. The summed E-state index contributed by atoms with van der Waals surface area (Å²) in [7, 11) is 0.578. The lowest BCUT2D eigenvalue weighted by atomic mass is 9.88. The van der Waals surface area contributed by atoms with Crippen molar-refractivity contribution in [1.82, 2.24) is 14.5 Å². The Labute approximate surface area is 170 Å². The van der Waals surface area contributed by atoms with Crippen LogP contribution >= 0.6 is 0 Å². The number of likely N-dealkylation sites (N-methyl/N-ethyl adjacent to an activating group) is 1. The van der Waals surface area contributed by atoms with Gasteiger partial charge in [0, 0.05) is 30.7 Å². The summed E-state index contributed by atoms with van der Waals surface area (Å²) in [6, 6.07) is 6.35. The van der Waals surface area contributed by atoms with Gasteiger partial charge in [0.15, 0.2) is 0 Å². The van der Waals surface area contributed by atoms with Gasteiger partial charge in [-0.1, -0.05) is 45.6 Å². The lowest BCUT2D eigenvalue weighted by Gasteiger charge is -2.39. The van der Waals surface area contributed by atoms with Crippen LogP contribution in [-0.4, -0.2) is 62.8 Å². The molecule has 1 N–H and O–H groups in total. The molecule has 0 spiro atoms. The number of nitrogens with one attached hydrogen (secondary N) is 1. The van der Waals surface area contributed by atoms with Crippen molar-refractivity contribution in [3.8, 4) is 0 Å². The largest absolute Gasteiger partial charge is 0.350 e. The molecule has 1 aliphatic rings. The zero-order valence-electron chi connectivity index (χ0n) is 17.7. The van der Waals surface area contributed by atoms with Crippen LogP contribution in [0.3, 0.4) is 0 Å². The summed E-state index contributed by atoms with van der Waals surface area (Å²) in [4.78, 5) is 15.2. The second kappa shape index (κ2) is 9.85. The molecule has 0 unspecified atom stereocenters. The number of hydrogen-bond acceptors (Lipinski definition) is 4. The number of nitrogens with zero attached hydrogens (tertiary/aromatic N) is 2. The van der Waals surface area contributed by atoms with Gasteiger partial charge in [0.25, 0.3) is 5.91 Å². The highest BCUT2D eigenvalue weighted by Crippen LogP contribution is 2.30. The molecule has 1 aromatic carbocycles. The van der Waals surface area contributed by atoms with Crippen LogP contribution in [0.15, 0.2) is 29.2 Å². The van der Waals surface area contributed by atoms with Crippen molar-refractivity contribution in [1.29, 1.82) is 0 Å². The van der Waals surface area contributed by atoms with Gasteiger partial charge in [-0.25, -0.2) is 8.42 Å². The van der Waals surface area contributed by atoms with Crippen molar-refractivity contribution in [2.75, 3.05) is 33.7 Å². The fourth-order valence-electron chi connectivity index (χ4n) is 4.03. The number of hydrogen-bond donors (Lipinski definition) is 1. The normalized spacial score (nSPS) is 17.5. The molecule has 1 fully saturated rings. The van der Waals surface area contributed by atoms with Crippen LogP contribution in [0.2, 0.25) is 0 Å². The van der Waals surface area contributed by atoms with Crippen molar-refractivity contribution in [2.24, 2.45) is 0 Å². The Hall–Kier alpha value is -1.44. The fourth-order valence-corrected chi connectivity index (χ4v) is 5.53. The zero-order chi connectivity index (χ0) is 20.8. The van der Waals surface area contributed by atoms with Crippen LogP contribution in [-0.2, 0) is 10.0 Å². The second-order valence-corrected chi connectivity index (χ2v) is 9.77. The Morgan fingerprint density at radius 2 is 1.68 bits per heavy atom. The zero-order valence-corrected chi connectivity index (χ0v) is 18.5. The lowest BCUT2D eigenvalue weighted by Crippen LogP contribution is -2.52. The first-order valence-corrected chi connectivity index (χ1v) is 11.8. The van der Waals surface area contributed by atoms with Crippen molar-refractivity contribution < 1.29 is 13.2 Å². The average molecular weight is 410 g/mol. The monoisotopic (exact) mass is 409 g/mol. The topological polar surface area (TPSA) is 69.7 Å². The number of sulfonamides is 1. The van der Waals surface area contributed by atoms with Gasteiger partial charge in [-0.2, -0.15) is 4.31 Å². The first-order chi connectivity index (χ1) is 13.3. The first-order valence-electron chi connectivity index (χ1n) is 10.3. The van der Waals surface area contributed by atoms with E-state index in [0.717, 1.165) is 12.8 Å². The van der Waals surface area contributed by atoms with Crippen molar-refractivity contribution in [2.45, 2.75) is 62.8 Å². The third-order valence-corrected chi connectivity index (χ3v) is 8.05. The minimum atomic E-state index is -3.58. The molecule has 0 aromatic heterocycles. The minimum absolute atomic E-state index is 0.0307. The molecule has 1 saturated carbocycles. The van der Waals surface area contributed by atoms with E-state index in [1.54, 1.807) is 18.2 Å². The molecule has 1 aromatic rings. The van der Waals surface area contributed by atoms with Crippen molar-refractivity contribution in [3.63, 3.8) is 0 Å². The molecule has 2 rings (SSSR count). The van der Waals surface area contributed by atoms with Gasteiger partial charge in [-0.15, -0.1) is 0 Å². The Morgan fingerprint density at radius 3 is 2.21 bits per heavy atom. The highest BCUT2D eigenvalue weighted by atomic mass is 32.2. The maximum absolute atomic E-state index is 12.8. The summed E-state index contributed by atoms with van der Waals surface area (Å²) in [5.74, 6) is -0.220. The number of carbonyl (C=O) groups is 1. The molecule has 0 atom stereocenters. The molecule has 0 radical (unpaired) electrons. The molecule has 7 heteroatoms. The molecule has 28 heavy (non-hydrogen) atoms. The highest BCUT2D eigenvalue weighted by molar-refractivity contribution is 7.89. The third-order valence-electron chi connectivity index (χ3n) is 6.00. The highest BCUT2D eigenvalue weighted by Gasteiger charge is 2.33. The molecule has 0 aliphatic heterocycles. The van der Waals surface area contributed by atoms with E-state index >= 15 is 0 Å². The van der Waals surface area contributed by atoms with E-state index < -0.39 is 10.0 Å². The molecule has 0 saturated heterocycles. The molecule has 1 aliphatic carbocycles. The summed E-state index contributed by atoms with van der Waals surface area (Å²) in [6.07, 6.45) is 6.97. The van der Waals surface area contributed by atoms with Crippen LogP contribution in [0.4, 0.5) is 0 Å². The molecule has 0 heterocycles. The van der Waals surface area contributed by atoms with E-state index in [-0.39, 0.29) is 16.3 Å². The maximum Gasteiger partial charge on any atom is 0.251 e. The average Bonchev–Trinajstić information content (AvgIpc) is 2.93. The van der Waals surface area contributed by atoms with E-state index in [1.165, 1.54) is 36.1 Å². The van der Waals surface area contributed by atoms with Gasteiger partial charge in [-0.3, -0.25) is 4.79 Å². The second-order valence-electron chi connectivity index (χ2n) is 7.83. The van der Waals surface area contributed by atoms with Crippen LogP contribution in [0.1, 0.15) is 62.7 Å². The summed E-state index contributed by atoms with van der Waals surface area (Å²) in [5, 5.41) is 3.07. The summed E-state index contributed by atoms with van der Waals surface area (Å²) < 4.78 is 26.9. The predicted octanol–water partition coefficient (Wildman–Crippen LogP) is 3.10. The Kier molecular flexibility index (Phi) is 8.04. The standard InChI is InChI=1S/C21H35N3O3S/c1-5-24(6-2)28(26,27)19-13-11-12-18(16-19)20(25)22-17-21(23(3)4)14-9-7-8-10-15-21/h11-13,16H,5-10,14-15,17H2,1-4H3,(H,22,25). The molecule has 1 amide bonds. The summed E-state index contributed by atoms with van der Waals surface area (Å²) >= 11 is 0. The minimum Gasteiger partial charge on any atom is -0.350 e. The quantitative estimate of drug-likeness (QED) is 0.670. The van der Waals surface area contributed by atoms with E-state index in [9.17, 15) is 13.2 Å². The SMILES string of the molecule is CCN(CC)S(=O)(=O)c1cccc(C(=O)NCC2(N(C)C)CCCCCC2)c1. The van der Waals surface area contributed by atoms with E-state index in [2.05, 4.69) is 24.3 Å². The number of benzene rings is 1. The van der Waals surface area contributed by atoms with E-state index in [1.807, 2.05) is 13.8 Å². The van der Waals surface area contributed by atoms with Crippen molar-refractivity contribution in [3.05, 3.63) is 29.8 Å². The third kappa shape index (κ3) is 5.13. The molecule has 6 nitrogen and oxygen atoms in total. The van der Waals surface area contributed by atoms with Gasteiger partial charge in [0.2, 0.25) is 10.0 Å². The summed E-state index contributed by atoms with van der Waals surface area (Å²) in [5.41, 5.74) is 0.354. The van der Waals surface area contributed by atoms with Crippen LogP contribution in [0, 0.1) is 0 Å². The van der Waals surface area contributed by atoms with Crippen LogP contribution in [0.25, 0.3) is 0 Å². The van der Waals surface area contributed by atoms with Crippen molar-refractivity contribution >= 4 is 15.9 Å². The predicted molar refractivity (Wildman–Crippen MR) is 113 cm³/mol. The molecular weight excluding hydrogens is 374 g/mol. The van der Waals surface area contributed by atoms with Gasteiger partial charge in [0.05, 0.1) is 4.90 Å². The lowest BCUT2D eigenvalue weighted by molar-refractivity contribution is 0.0869. The number of amides is 1. The van der Waals surface area contributed by atoms with Gasteiger partial charge in [-0.05, 0) is 45.1 Å². The first kappa shape index (κ1) is 22.8. The Balaban J connectivity index is 2.16. The van der Waals surface area contributed by atoms with E-state index in [4.69, 9.17) is 0 Å². The number of rotatable bonds is 8. The summed E-state index contributed by atoms with van der Waals surface area (Å²) in [6.45, 7) is 5.00. The molecular formula is C21H35N3O3S.